The number of hydrogen-bond acceptors (Lipinski definition) is 2. The first-order valence-corrected chi connectivity index (χ1v) is 5.38. The lowest BCUT2D eigenvalue weighted by atomic mass is 10.2. The number of halogens is 1. The second-order valence-corrected chi connectivity index (χ2v) is 3.96. The highest BCUT2D eigenvalue weighted by Crippen LogP contribution is 2.19. The number of ether oxygens (including phenoxy) is 1. The van der Waals surface area contributed by atoms with Gasteiger partial charge in [0.25, 0.3) is 0 Å². The summed E-state index contributed by atoms with van der Waals surface area (Å²) in [6.07, 6.45) is 0. The van der Waals surface area contributed by atoms with Crippen LogP contribution in [0.2, 0.25) is 0 Å². The molecule has 2 rings (SSSR count). The highest BCUT2D eigenvalue weighted by molar-refractivity contribution is 5.47. The number of rotatable bonds is 3. The van der Waals surface area contributed by atoms with E-state index in [4.69, 9.17) is 10.5 Å². The first-order chi connectivity index (χ1) is 8.15. The molecule has 0 fully saturated rings. The molecule has 2 aromatic rings. The zero-order valence-electron chi connectivity index (χ0n) is 9.61. The minimum absolute atomic E-state index is 0.204. The van der Waals surface area contributed by atoms with Crippen molar-refractivity contribution in [1.29, 1.82) is 0 Å². The molecule has 0 radical (unpaired) electrons. The minimum atomic E-state index is -0.256. The Morgan fingerprint density at radius 3 is 2.65 bits per heavy atom. The molecule has 2 aromatic carbocycles. The van der Waals surface area contributed by atoms with Gasteiger partial charge in [-0.1, -0.05) is 18.2 Å². The van der Waals surface area contributed by atoms with Crippen LogP contribution in [0.25, 0.3) is 0 Å². The lowest BCUT2D eigenvalue weighted by Crippen LogP contribution is -1.99. The number of benzene rings is 2. The molecule has 0 atom stereocenters. The van der Waals surface area contributed by atoms with E-state index >= 15 is 0 Å². The topological polar surface area (TPSA) is 35.2 Å². The third-order valence-corrected chi connectivity index (χ3v) is 2.43. The molecule has 0 aromatic heterocycles. The molecule has 0 amide bonds. The molecule has 0 heterocycles. The van der Waals surface area contributed by atoms with Gasteiger partial charge in [-0.05, 0) is 30.7 Å². The third-order valence-electron chi connectivity index (χ3n) is 2.43. The lowest BCUT2D eigenvalue weighted by molar-refractivity contribution is 0.300. The van der Waals surface area contributed by atoms with Crippen molar-refractivity contribution in [1.82, 2.24) is 0 Å². The molecule has 0 saturated carbocycles. The van der Waals surface area contributed by atoms with Crippen LogP contribution in [0.5, 0.6) is 5.75 Å². The summed E-state index contributed by atoms with van der Waals surface area (Å²) in [5.41, 5.74) is 7.91. The van der Waals surface area contributed by atoms with Crippen molar-refractivity contribution in [3.8, 4) is 5.75 Å². The molecule has 3 heteroatoms. The zero-order chi connectivity index (χ0) is 12.3. The Labute approximate surface area is 99.8 Å². The standard InChI is InChI=1S/C14H14FNO/c1-10-6-12(16)8-13(7-10)17-9-11-4-2-3-5-14(11)15/h2-8H,9,16H2,1H3. The summed E-state index contributed by atoms with van der Waals surface area (Å²) in [7, 11) is 0. The van der Waals surface area contributed by atoms with Gasteiger partial charge < -0.3 is 10.5 Å². The molecule has 17 heavy (non-hydrogen) atoms. The molecule has 0 saturated heterocycles. The molecule has 88 valence electrons. The van der Waals surface area contributed by atoms with E-state index in [9.17, 15) is 4.39 Å². The molecule has 2 N–H and O–H groups in total. The van der Waals surface area contributed by atoms with Crippen LogP contribution in [0.4, 0.5) is 10.1 Å². The van der Waals surface area contributed by atoms with Gasteiger partial charge in [0.05, 0.1) is 0 Å². The molecule has 0 aliphatic heterocycles. The summed E-state index contributed by atoms with van der Waals surface area (Å²) in [6, 6.07) is 12.0. The van der Waals surface area contributed by atoms with Crippen LogP contribution >= 0.6 is 0 Å². The molecule has 0 bridgehead atoms. The lowest BCUT2D eigenvalue weighted by Gasteiger charge is -2.08. The Balaban J connectivity index is 2.10. The van der Waals surface area contributed by atoms with Gasteiger partial charge >= 0.3 is 0 Å². The molecule has 0 spiro atoms. The number of nitrogen functional groups attached to an aromatic ring is 1. The Morgan fingerprint density at radius 1 is 1.18 bits per heavy atom. The van der Waals surface area contributed by atoms with Crippen molar-refractivity contribution in [3.63, 3.8) is 0 Å². The van der Waals surface area contributed by atoms with Crippen molar-refractivity contribution in [2.45, 2.75) is 13.5 Å². The van der Waals surface area contributed by atoms with Gasteiger partial charge in [-0.15, -0.1) is 0 Å². The highest BCUT2D eigenvalue weighted by atomic mass is 19.1. The predicted octanol–water partition coefficient (Wildman–Crippen LogP) is 3.30. The zero-order valence-corrected chi connectivity index (χ0v) is 9.61. The fourth-order valence-corrected chi connectivity index (χ4v) is 1.64. The van der Waals surface area contributed by atoms with Crippen LogP contribution in [0.1, 0.15) is 11.1 Å². The Hall–Kier alpha value is -2.03. The van der Waals surface area contributed by atoms with E-state index in [1.54, 1.807) is 24.3 Å². The Morgan fingerprint density at radius 2 is 1.94 bits per heavy atom. The molecular formula is C14H14FNO. The van der Waals surface area contributed by atoms with Crippen molar-refractivity contribution >= 4 is 5.69 Å². The van der Waals surface area contributed by atoms with Crippen molar-refractivity contribution in [2.24, 2.45) is 0 Å². The average Bonchev–Trinajstić information content (AvgIpc) is 2.27. The Bertz CT molecular complexity index is 505. The molecule has 0 aliphatic carbocycles. The van der Waals surface area contributed by atoms with Crippen LogP contribution in [-0.2, 0) is 6.61 Å². The van der Waals surface area contributed by atoms with Crippen molar-refractivity contribution < 1.29 is 9.13 Å². The Kier molecular flexibility index (Phi) is 3.28. The van der Waals surface area contributed by atoms with Crippen LogP contribution < -0.4 is 10.5 Å². The summed E-state index contributed by atoms with van der Waals surface area (Å²) in [5.74, 6) is 0.402. The predicted molar refractivity (Wildman–Crippen MR) is 66.3 cm³/mol. The van der Waals surface area contributed by atoms with E-state index in [-0.39, 0.29) is 12.4 Å². The van der Waals surface area contributed by atoms with E-state index in [1.165, 1.54) is 6.07 Å². The first-order valence-electron chi connectivity index (χ1n) is 5.38. The van der Waals surface area contributed by atoms with E-state index in [1.807, 2.05) is 19.1 Å². The highest BCUT2D eigenvalue weighted by Gasteiger charge is 2.02. The van der Waals surface area contributed by atoms with Gasteiger partial charge in [0, 0.05) is 17.3 Å². The number of anilines is 1. The number of aryl methyl sites for hydroxylation is 1. The fraction of sp³-hybridized carbons (Fsp3) is 0.143. The molecule has 2 nitrogen and oxygen atoms in total. The summed E-state index contributed by atoms with van der Waals surface area (Å²) >= 11 is 0. The van der Waals surface area contributed by atoms with E-state index in [0.29, 0.717) is 17.0 Å². The maximum atomic E-state index is 13.3. The summed E-state index contributed by atoms with van der Waals surface area (Å²) in [4.78, 5) is 0. The smallest absolute Gasteiger partial charge is 0.129 e. The van der Waals surface area contributed by atoms with Crippen molar-refractivity contribution in [3.05, 3.63) is 59.4 Å². The SMILES string of the molecule is Cc1cc(N)cc(OCc2ccccc2F)c1. The monoisotopic (exact) mass is 231 g/mol. The second-order valence-electron chi connectivity index (χ2n) is 3.96. The molecular weight excluding hydrogens is 217 g/mol. The van der Waals surface area contributed by atoms with Gasteiger partial charge in [0.2, 0.25) is 0 Å². The van der Waals surface area contributed by atoms with E-state index in [0.717, 1.165) is 5.56 Å². The quantitative estimate of drug-likeness (QED) is 0.822. The second kappa shape index (κ2) is 4.87. The van der Waals surface area contributed by atoms with E-state index in [2.05, 4.69) is 0 Å². The van der Waals surface area contributed by atoms with E-state index < -0.39 is 0 Å². The number of hydrogen-bond donors (Lipinski definition) is 1. The van der Waals surface area contributed by atoms with Gasteiger partial charge in [-0.2, -0.15) is 0 Å². The summed E-state index contributed by atoms with van der Waals surface area (Å²) in [5, 5.41) is 0. The average molecular weight is 231 g/mol. The molecule has 0 unspecified atom stereocenters. The van der Waals surface area contributed by atoms with Crippen LogP contribution in [-0.4, -0.2) is 0 Å². The summed E-state index contributed by atoms with van der Waals surface area (Å²) < 4.78 is 18.9. The van der Waals surface area contributed by atoms with Gasteiger partial charge in [0.15, 0.2) is 0 Å². The van der Waals surface area contributed by atoms with Gasteiger partial charge in [-0.3, -0.25) is 0 Å². The largest absolute Gasteiger partial charge is 0.489 e. The van der Waals surface area contributed by atoms with Crippen LogP contribution in [0, 0.1) is 12.7 Å². The minimum Gasteiger partial charge on any atom is -0.489 e. The third kappa shape index (κ3) is 2.97. The first kappa shape index (κ1) is 11.5. The maximum Gasteiger partial charge on any atom is 0.129 e. The van der Waals surface area contributed by atoms with Crippen LogP contribution in [0.15, 0.2) is 42.5 Å². The van der Waals surface area contributed by atoms with Crippen LogP contribution in [0.3, 0.4) is 0 Å². The van der Waals surface area contributed by atoms with Gasteiger partial charge in [0.1, 0.15) is 18.2 Å². The summed E-state index contributed by atoms with van der Waals surface area (Å²) in [6.45, 7) is 2.14. The normalized spacial score (nSPS) is 10.2. The maximum absolute atomic E-state index is 13.3. The van der Waals surface area contributed by atoms with Gasteiger partial charge in [-0.25, -0.2) is 4.39 Å². The number of nitrogens with two attached hydrogens (primary N) is 1. The molecule has 0 aliphatic rings. The van der Waals surface area contributed by atoms with Crippen molar-refractivity contribution in [2.75, 3.05) is 5.73 Å². The fourth-order valence-electron chi connectivity index (χ4n) is 1.64.